The van der Waals surface area contributed by atoms with Gasteiger partial charge in [0.15, 0.2) is 5.90 Å². The Labute approximate surface area is 115 Å². The van der Waals surface area contributed by atoms with Crippen LogP contribution < -0.4 is 0 Å². The standard InChI is InChI=1S/C12H25NO3.BrH/c1-3-4-5-6-8-15-10-11(2)12(13)16-9-7-14;/h11,13-14H,3-10H2,1-2H3;1H. The van der Waals surface area contributed by atoms with Gasteiger partial charge in [-0.15, -0.1) is 17.0 Å². The first-order chi connectivity index (χ1) is 7.72. The van der Waals surface area contributed by atoms with Crippen molar-refractivity contribution in [1.82, 2.24) is 0 Å². The summed E-state index contributed by atoms with van der Waals surface area (Å²) < 4.78 is 10.5. The second-order valence-corrected chi connectivity index (χ2v) is 3.97. The Balaban J connectivity index is 0. The first kappa shape index (κ1) is 19.2. The van der Waals surface area contributed by atoms with E-state index in [1.54, 1.807) is 0 Å². The summed E-state index contributed by atoms with van der Waals surface area (Å²) in [5, 5.41) is 16.1. The Morgan fingerprint density at radius 2 is 1.94 bits per heavy atom. The molecule has 0 radical (unpaired) electrons. The summed E-state index contributed by atoms with van der Waals surface area (Å²) in [5.41, 5.74) is 0. The highest BCUT2D eigenvalue weighted by Crippen LogP contribution is 2.03. The Morgan fingerprint density at radius 1 is 1.24 bits per heavy atom. The summed E-state index contributed by atoms with van der Waals surface area (Å²) in [6, 6.07) is 0. The van der Waals surface area contributed by atoms with Crippen LogP contribution in [0.5, 0.6) is 0 Å². The van der Waals surface area contributed by atoms with E-state index in [1.165, 1.54) is 19.3 Å². The Bertz CT molecular complexity index is 179. The number of aliphatic hydroxyl groups is 1. The molecule has 5 heteroatoms. The molecule has 0 aromatic heterocycles. The average molecular weight is 312 g/mol. The molecule has 0 rings (SSSR count). The monoisotopic (exact) mass is 311 g/mol. The van der Waals surface area contributed by atoms with E-state index in [2.05, 4.69) is 6.92 Å². The molecule has 2 N–H and O–H groups in total. The fourth-order valence-electron chi connectivity index (χ4n) is 1.26. The van der Waals surface area contributed by atoms with Crippen LogP contribution in [0.2, 0.25) is 0 Å². The predicted molar refractivity (Wildman–Crippen MR) is 75.2 cm³/mol. The molecule has 0 aromatic rings. The fourth-order valence-corrected chi connectivity index (χ4v) is 1.26. The van der Waals surface area contributed by atoms with E-state index in [4.69, 9.17) is 20.0 Å². The molecule has 0 fully saturated rings. The van der Waals surface area contributed by atoms with Gasteiger partial charge in [0.1, 0.15) is 6.61 Å². The lowest BCUT2D eigenvalue weighted by Gasteiger charge is -2.13. The van der Waals surface area contributed by atoms with Crippen molar-refractivity contribution in [2.24, 2.45) is 5.92 Å². The van der Waals surface area contributed by atoms with Gasteiger partial charge in [0.05, 0.1) is 19.1 Å². The van der Waals surface area contributed by atoms with Crippen molar-refractivity contribution < 1.29 is 14.6 Å². The van der Waals surface area contributed by atoms with Gasteiger partial charge in [-0.25, -0.2) is 0 Å². The van der Waals surface area contributed by atoms with Gasteiger partial charge in [-0.05, 0) is 6.42 Å². The maximum atomic E-state index is 8.54. The number of halogens is 1. The topological polar surface area (TPSA) is 62.5 Å². The molecule has 1 atom stereocenters. The van der Waals surface area contributed by atoms with Gasteiger partial charge in [-0.3, -0.25) is 5.41 Å². The predicted octanol–water partition coefficient (Wildman–Crippen LogP) is 2.78. The van der Waals surface area contributed by atoms with Crippen molar-refractivity contribution in [2.75, 3.05) is 26.4 Å². The van der Waals surface area contributed by atoms with Crippen molar-refractivity contribution in [1.29, 1.82) is 5.41 Å². The second kappa shape index (κ2) is 13.9. The number of nitrogens with one attached hydrogen (secondary N) is 1. The van der Waals surface area contributed by atoms with Crippen LogP contribution in [-0.4, -0.2) is 37.4 Å². The van der Waals surface area contributed by atoms with Gasteiger partial charge in [0.25, 0.3) is 0 Å². The minimum Gasteiger partial charge on any atom is -0.478 e. The second-order valence-electron chi connectivity index (χ2n) is 3.97. The first-order valence-electron chi connectivity index (χ1n) is 6.12. The minimum absolute atomic E-state index is 0. The Hall–Kier alpha value is -0.130. The van der Waals surface area contributed by atoms with E-state index in [0.717, 1.165) is 13.0 Å². The van der Waals surface area contributed by atoms with Crippen LogP contribution in [-0.2, 0) is 9.47 Å². The van der Waals surface area contributed by atoms with Crippen LogP contribution in [0.4, 0.5) is 0 Å². The van der Waals surface area contributed by atoms with Crippen molar-refractivity contribution in [3.63, 3.8) is 0 Å². The summed E-state index contributed by atoms with van der Waals surface area (Å²) in [6.07, 6.45) is 4.79. The van der Waals surface area contributed by atoms with Gasteiger partial charge in [0, 0.05) is 6.61 Å². The minimum atomic E-state index is -0.0486. The lowest BCUT2D eigenvalue weighted by Crippen LogP contribution is -2.20. The van der Waals surface area contributed by atoms with Gasteiger partial charge < -0.3 is 14.6 Å². The average Bonchev–Trinajstić information content (AvgIpc) is 2.30. The summed E-state index contributed by atoms with van der Waals surface area (Å²) in [5.74, 6) is 0.167. The third-order valence-electron chi connectivity index (χ3n) is 2.31. The number of ether oxygens (including phenoxy) is 2. The van der Waals surface area contributed by atoms with Gasteiger partial charge in [-0.2, -0.15) is 0 Å². The highest BCUT2D eigenvalue weighted by molar-refractivity contribution is 8.93. The van der Waals surface area contributed by atoms with Crippen LogP contribution in [0.3, 0.4) is 0 Å². The molecule has 0 aliphatic carbocycles. The van der Waals surface area contributed by atoms with E-state index in [9.17, 15) is 0 Å². The fraction of sp³-hybridized carbons (Fsp3) is 0.917. The normalized spacial score (nSPS) is 11.7. The zero-order chi connectivity index (χ0) is 12.2. The molecule has 0 spiro atoms. The SMILES string of the molecule is Br.CCCCCCOCC(C)C(=N)OCCO. The number of unbranched alkanes of at least 4 members (excludes halogenated alkanes) is 3. The number of hydrogen-bond acceptors (Lipinski definition) is 4. The molecule has 104 valence electrons. The van der Waals surface area contributed by atoms with E-state index in [0.29, 0.717) is 6.61 Å². The first-order valence-corrected chi connectivity index (χ1v) is 6.12. The molecule has 0 amide bonds. The zero-order valence-electron chi connectivity index (χ0n) is 10.9. The van der Waals surface area contributed by atoms with Crippen molar-refractivity contribution in [3.05, 3.63) is 0 Å². The molecule has 0 aliphatic heterocycles. The third kappa shape index (κ3) is 12.1. The molecular weight excluding hydrogens is 286 g/mol. The lowest BCUT2D eigenvalue weighted by atomic mass is 10.2. The van der Waals surface area contributed by atoms with Crippen LogP contribution in [0, 0.1) is 11.3 Å². The van der Waals surface area contributed by atoms with E-state index < -0.39 is 0 Å². The number of aliphatic hydroxyl groups excluding tert-OH is 1. The number of rotatable bonds is 10. The van der Waals surface area contributed by atoms with E-state index in [1.807, 2.05) is 6.92 Å². The summed E-state index contributed by atoms with van der Waals surface area (Å²) in [4.78, 5) is 0. The largest absolute Gasteiger partial charge is 0.478 e. The van der Waals surface area contributed by atoms with Crippen LogP contribution in [0.25, 0.3) is 0 Å². The maximum absolute atomic E-state index is 8.54. The summed E-state index contributed by atoms with van der Waals surface area (Å²) in [6.45, 7) is 5.51. The zero-order valence-corrected chi connectivity index (χ0v) is 12.6. The third-order valence-corrected chi connectivity index (χ3v) is 2.31. The van der Waals surface area contributed by atoms with Crippen LogP contribution in [0.1, 0.15) is 39.5 Å². The molecule has 0 heterocycles. The highest BCUT2D eigenvalue weighted by Gasteiger charge is 2.09. The van der Waals surface area contributed by atoms with E-state index in [-0.39, 0.29) is 42.0 Å². The smallest absolute Gasteiger partial charge is 0.185 e. The maximum Gasteiger partial charge on any atom is 0.185 e. The lowest BCUT2D eigenvalue weighted by molar-refractivity contribution is 0.105. The molecule has 1 unspecified atom stereocenters. The Kier molecular flexibility index (Phi) is 15.7. The van der Waals surface area contributed by atoms with E-state index >= 15 is 0 Å². The van der Waals surface area contributed by atoms with Crippen molar-refractivity contribution >= 4 is 22.9 Å². The molecule has 0 aromatic carbocycles. The summed E-state index contributed by atoms with van der Waals surface area (Å²) >= 11 is 0. The Morgan fingerprint density at radius 3 is 2.53 bits per heavy atom. The van der Waals surface area contributed by atoms with Gasteiger partial charge >= 0.3 is 0 Å². The van der Waals surface area contributed by atoms with Gasteiger partial charge in [0.2, 0.25) is 0 Å². The molecule has 4 nitrogen and oxygen atoms in total. The molecular formula is C12H26BrNO3. The molecule has 0 saturated heterocycles. The number of hydrogen-bond donors (Lipinski definition) is 2. The molecule has 0 saturated carbocycles. The molecule has 0 bridgehead atoms. The molecule has 17 heavy (non-hydrogen) atoms. The van der Waals surface area contributed by atoms with Crippen molar-refractivity contribution in [3.8, 4) is 0 Å². The van der Waals surface area contributed by atoms with Crippen LogP contribution >= 0.6 is 17.0 Å². The highest BCUT2D eigenvalue weighted by atomic mass is 79.9. The molecule has 0 aliphatic rings. The van der Waals surface area contributed by atoms with Crippen LogP contribution in [0.15, 0.2) is 0 Å². The van der Waals surface area contributed by atoms with Gasteiger partial charge in [-0.1, -0.05) is 33.1 Å². The summed E-state index contributed by atoms with van der Waals surface area (Å²) in [7, 11) is 0. The van der Waals surface area contributed by atoms with Crippen molar-refractivity contribution in [2.45, 2.75) is 39.5 Å². The quantitative estimate of drug-likeness (QED) is 0.370.